The summed E-state index contributed by atoms with van der Waals surface area (Å²) in [5.74, 6) is -4.07. The molecule has 25 heteroatoms. The van der Waals surface area contributed by atoms with Crippen molar-refractivity contribution < 1.29 is 59.6 Å². The van der Waals surface area contributed by atoms with Gasteiger partial charge in [-0.1, -0.05) is 32.9 Å². The summed E-state index contributed by atoms with van der Waals surface area (Å²) in [5, 5.41) is 7.91. The molecule has 0 unspecified atom stereocenters. The average molecular weight is 1190 g/mol. The van der Waals surface area contributed by atoms with Crippen LogP contribution in [0.15, 0.2) is 141 Å². The lowest BCUT2D eigenvalue weighted by atomic mass is 10.2. The Morgan fingerprint density at radius 1 is 0.460 bits per heavy atom. The Balaban J connectivity index is 0.000000186. The van der Waals surface area contributed by atoms with E-state index in [1.165, 1.54) is 54.8 Å². The molecular weight excluding hydrogens is 1130 g/mol. The minimum atomic E-state index is -0.991. The molecule has 9 aromatic rings. The van der Waals surface area contributed by atoms with Gasteiger partial charge in [-0.2, -0.15) is 18.2 Å². The fourth-order valence-corrected chi connectivity index (χ4v) is 8.05. The number of pyridine rings is 3. The van der Waals surface area contributed by atoms with E-state index in [1.54, 1.807) is 125 Å². The molecule has 3 aromatic carbocycles. The Hall–Kier alpha value is -10.7. The molecule has 0 aliphatic heterocycles. The van der Waals surface area contributed by atoms with E-state index < -0.39 is 41.4 Å². The third-order valence-corrected chi connectivity index (χ3v) is 13.3. The smallest absolute Gasteiger partial charge is 0.289 e. The van der Waals surface area contributed by atoms with E-state index in [-0.39, 0.29) is 77.5 Å². The number of carbonyl (C=O) groups excluding carboxylic acids is 6. The molecule has 87 heavy (non-hydrogen) atoms. The van der Waals surface area contributed by atoms with Gasteiger partial charge in [0.15, 0.2) is 0 Å². The van der Waals surface area contributed by atoms with Gasteiger partial charge < -0.3 is 43.9 Å². The number of halogens is 4. The van der Waals surface area contributed by atoms with Crippen molar-refractivity contribution in [3.63, 3.8) is 0 Å². The lowest BCUT2D eigenvalue weighted by molar-refractivity contribution is -0.118. The normalized spacial score (nSPS) is 10.6. The number of anilines is 3. The van der Waals surface area contributed by atoms with Crippen molar-refractivity contribution >= 4 is 52.5 Å². The van der Waals surface area contributed by atoms with Gasteiger partial charge in [0.05, 0.1) is 24.3 Å². The van der Waals surface area contributed by atoms with E-state index in [1.807, 2.05) is 13.0 Å². The summed E-state index contributed by atoms with van der Waals surface area (Å²) in [5.41, 5.74) is 6.30. The maximum Gasteiger partial charge on any atom is 0.289 e. The molecule has 0 bridgehead atoms. The zero-order valence-corrected chi connectivity index (χ0v) is 48.6. The number of carbonyl (C=O) groups is 6. The van der Waals surface area contributed by atoms with Crippen molar-refractivity contribution in [1.82, 2.24) is 45.9 Å². The largest absolute Gasteiger partial charge is 0.431 e. The van der Waals surface area contributed by atoms with Crippen LogP contribution in [0.2, 0.25) is 0 Å². The van der Waals surface area contributed by atoms with Crippen LogP contribution in [0, 0.1) is 37.5 Å². The minimum absolute atomic E-state index is 0.0133. The number of hydrogen-bond acceptors (Lipinski definition) is 15. The number of nitrogens with one attached hydrogen (secondary N) is 3. The van der Waals surface area contributed by atoms with Crippen LogP contribution in [0.1, 0.15) is 99.8 Å². The molecule has 21 nitrogen and oxygen atoms in total. The zero-order chi connectivity index (χ0) is 62.9. The van der Waals surface area contributed by atoms with Crippen LogP contribution in [0.25, 0.3) is 34.4 Å². The van der Waals surface area contributed by atoms with Gasteiger partial charge in [-0.25, -0.2) is 24.3 Å². The van der Waals surface area contributed by atoms with Gasteiger partial charge in [0, 0.05) is 111 Å². The number of nitrogens with zero attached hydrogens (tertiary/aromatic N) is 9. The highest BCUT2D eigenvalue weighted by atomic mass is 19.1. The quantitative estimate of drug-likeness (QED) is 0.0533. The third-order valence-electron chi connectivity index (χ3n) is 13.3. The Morgan fingerprint density at radius 2 is 0.862 bits per heavy atom. The number of aromatic nitrogens is 6. The number of amides is 6. The third kappa shape index (κ3) is 16.8. The first kappa shape index (κ1) is 63.9. The van der Waals surface area contributed by atoms with E-state index in [4.69, 9.17) is 13.3 Å². The highest BCUT2D eigenvalue weighted by Crippen LogP contribution is 2.28. The Bertz CT molecular complexity index is 3740. The first-order valence-corrected chi connectivity index (χ1v) is 27.0. The van der Waals surface area contributed by atoms with Crippen molar-refractivity contribution in [3.05, 3.63) is 197 Å². The van der Waals surface area contributed by atoms with Crippen LogP contribution in [0.3, 0.4) is 0 Å². The van der Waals surface area contributed by atoms with Crippen LogP contribution < -0.4 is 30.7 Å². The molecule has 6 aromatic heterocycles. The lowest BCUT2D eigenvalue weighted by Crippen LogP contribution is -2.25. The first-order valence-electron chi connectivity index (χ1n) is 27.0. The van der Waals surface area contributed by atoms with E-state index in [9.17, 15) is 46.3 Å². The lowest BCUT2D eigenvalue weighted by Gasteiger charge is -2.17. The van der Waals surface area contributed by atoms with E-state index in [0.29, 0.717) is 53.2 Å². The molecule has 450 valence electrons. The maximum absolute atomic E-state index is 14.4. The van der Waals surface area contributed by atoms with Crippen LogP contribution in [-0.2, 0) is 34.0 Å². The molecule has 0 atom stereocenters. The molecule has 0 aliphatic rings. The van der Waals surface area contributed by atoms with Crippen molar-refractivity contribution in [2.75, 3.05) is 35.8 Å². The monoisotopic (exact) mass is 1190 g/mol. The van der Waals surface area contributed by atoms with E-state index in [0.717, 1.165) is 28.7 Å². The molecule has 0 fully saturated rings. The summed E-state index contributed by atoms with van der Waals surface area (Å²) in [6.45, 7) is 9.15. The summed E-state index contributed by atoms with van der Waals surface area (Å²) in [7, 11) is 4.92. The molecule has 0 saturated carbocycles. The van der Waals surface area contributed by atoms with Crippen molar-refractivity contribution in [1.29, 1.82) is 0 Å². The summed E-state index contributed by atoms with van der Waals surface area (Å²) in [4.78, 5) is 99.7. The standard InChI is InChI=1S/2C21H21FN4O3.C20H18F2N4O3/c1-4-19(27)26(3)16-8-5-14(6-9-16)21-24-12-17(29-21)20(28)23-11-15-7-10-18(22)25-13(15)2;1-4-19(27)26(3)17-8-7-14(10-16(17)22)21-25-12-18(29-21)20(28)24-11-15-6-5-9-23-13(15)2;1-3-17(27)26(2)14-7-4-12(5-8-14)20-24-11-15(29-20)19(28)23-10-13-6-9-16(21)25-18(13)22/h5-10,12H,4,11H2,1-3H3,(H,23,28);5-10,12H,4,11H2,1-3H3,(H,24,28);4-9,11H,3,10H2,1-2H3,(H,23,28). The molecule has 9 rings (SSSR count). The van der Waals surface area contributed by atoms with E-state index in [2.05, 4.69) is 45.9 Å². The summed E-state index contributed by atoms with van der Waals surface area (Å²) in [6, 6.07) is 27.1. The molecule has 0 spiro atoms. The maximum atomic E-state index is 14.4. The van der Waals surface area contributed by atoms with Gasteiger partial charge in [-0.05, 0) is 116 Å². The molecule has 0 saturated heterocycles. The van der Waals surface area contributed by atoms with Crippen LogP contribution in [0.5, 0.6) is 0 Å². The Kier molecular flexibility index (Phi) is 21.8. The van der Waals surface area contributed by atoms with Crippen LogP contribution in [0.4, 0.5) is 34.6 Å². The molecule has 0 radical (unpaired) electrons. The number of rotatable bonds is 18. The van der Waals surface area contributed by atoms with Crippen LogP contribution >= 0.6 is 0 Å². The fraction of sp³-hybridized carbons (Fsp3) is 0.226. The average Bonchev–Trinajstić information content (AvgIpc) is 4.34. The Labute approximate surface area is 496 Å². The number of hydrogen-bond donors (Lipinski definition) is 3. The minimum Gasteiger partial charge on any atom is -0.431 e. The van der Waals surface area contributed by atoms with Gasteiger partial charge in [0.2, 0.25) is 70.5 Å². The van der Waals surface area contributed by atoms with Crippen molar-refractivity contribution in [2.45, 2.75) is 73.5 Å². The SMILES string of the molecule is CCC(=O)N(C)c1ccc(-c2ncc(C(=O)NCc3ccc(F)nc3C)o2)cc1.CCC(=O)N(C)c1ccc(-c2ncc(C(=O)NCc3ccc(F)nc3F)o2)cc1.CCC(=O)N(C)c1ccc(-c2ncc(C(=O)NCc3cccnc3C)o2)cc1F. The highest BCUT2D eigenvalue weighted by Gasteiger charge is 2.21. The van der Waals surface area contributed by atoms with Gasteiger partial charge in [0.1, 0.15) is 5.82 Å². The van der Waals surface area contributed by atoms with Crippen molar-refractivity contribution in [2.24, 2.45) is 0 Å². The molecule has 6 heterocycles. The summed E-state index contributed by atoms with van der Waals surface area (Å²) in [6.07, 6.45) is 6.67. The predicted molar refractivity (Wildman–Crippen MR) is 312 cm³/mol. The number of benzene rings is 3. The highest BCUT2D eigenvalue weighted by molar-refractivity contribution is 5.95. The summed E-state index contributed by atoms with van der Waals surface area (Å²) < 4.78 is 70.4. The van der Waals surface area contributed by atoms with E-state index >= 15 is 0 Å². The predicted octanol–water partition coefficient (Wildman–Crippen LogP) is 10.3. The Morgan fingerprint density at radius 3 is 1.29 bits per heavy atom. The topological polar surface area (TPSA) is 265 Å². The fourth-order valence-electron chi connectivity index (χ4n) is 8.05. The van der Waals surface area contributed by atoms with Gasteiger partial charge >= 0.3 is 0 Å². The molecular formula is C62H60F4N12O9. The van der Waals surface area contributed by atoms with Crippen LogP contribution in [-0.4, -0.2) is 86.5 Å². The second-order valence-corrected chi connectivity index (χ2v) is 19.0. The summed E-state index contributed by atoms with van der Waals surface area (Å²) >= 11 is 0. The zero-order valence-electron chi connectivity index (χ0n) is 48.6. The number of aryl methyl sites for hydroxylation is 2. The van der Waals surface area contributed by atoms with Gasteiger partial charge in [-0.15, -0.1) is 0 Å². The van der Waals surface area contributed by atoms with Crippen molar-refractivity contribution in [3.8, 4) is 34.4 Å². The van der Waals surface area contributed by atoms with Gasteiger partial charge in [-0.3, -0.25) is 33.8 Å². The number of oxazole rings is 3. The molecule has 3 N–H and O–H groups in total. The van der Waals surface area contributed by atoms with Gasteiger partial charge in [0.25, 0.3) is 17.7 Å². The molecule has 6 amide bonds. The molecule has 0 aliphatic carbocycles. The second-order valence-electron chi connectivity index (χ2n) is 19.0. The first-order chi connectivity index (χ1) is 41.7. The second kappa shape index (κ2) is 29.7.